The third-order valence-corrected chi connectivity index (χ3v) is 3.83. The van der Waals surface area contributed by atoms with Crippen molar-refractivity contribution in [3.05, 3.63) is 29.6 Å². The molecular formula is C16H27N3. The predicted octanol–water partition coefficient (Wildman–Crippen LogP) is 2.74. The van der Waals surface area contributed by atoms with Crippen LogP contribution in [0.5, 0.6) is 0 Å². The quantitative estimate of drug-likeness (QED) is 0.818. The zero-order valence-corrected chi connectivity index (χ0v) is 12.4. The Kier molecular flexibility index (Phi) is 5.80. The van der Waals surface area contributed by atoms with E-state index >= 15 is 0 Å². The highest BCUT2D eigenvalue weighted by atomic mass is 15.2. The molecule has 3 heteroatoms. The first kappa shape index (κ1) is 14.5. The molecule has 3 nitrogen and oxygen atoms in total. The normalized spacial score (nSPS) is 19.2. The SMILES string of the molecule is CCCCN(Cc1ccc(C)cn1)CC1CCCN1. The van der Waals surface area contributed by atoms with Crippen molar-refractivity contribution < 1.29 is 0 Å². The van der Waals surface area contributed by atoms with Crippen LogP contribution in [0.2, 0.25) is 0 Å². The van der Waals surface area contributed by atoms with Crippen molar-refractivity contribution in [2.45, 2.75) is 52.1 Å². The Hall–Kier alpha value is -0.930. The summed E-state index contributed by atoms with van der Waals surface area (Å²) >= 11 is 0. The van der Waals surface area contributed by atoms with Gasteiger partial charge in [-0.1, -0.05) is 19.4 Å². The fourth-order valence-corrected chi connectivity index (χ4v) is 2.66. The van der Waals surface area contributed by atoms with E-state index in [1.165, 1.54) is 50.0 Å². The number of nitrogens with one attached hydrogen (secondary N) is 1. The first-order valence-electron chi connectivity index (χ1n) is 7.65. The van der Waals surface area contributed by atoms with Gasteiger partial charge in [-0.3, -0.25) is 9.88 Å². The molecule has 1 fully saturated rings. The molecule has 106 valence electrons. The van der Waals surface area contributed by atoms with Gasteiger partial charge in [0, 0.05) is 25.3 Å². The smallest absolute Gasteiger partial charge is 0.0544 e. The van der Waals surface area contributed by atoms with E-state index in [2.05, 4.69) is 41.2 Å². The zero-order chi connectivity index (χ0) is 13.5. The Morgan fingerprint density at radius 2 is 2.32 bits per heavy atom. The molecule has 1 aromatic rings. The summed E-state index contributed by atoms with van der Waals surface area (Å²) in [7, 11) is 0. The van der Waals surface area contributed by atoms with Crippen molar-refractivity contribution in [2.75, 3.05) is 19.6 Å². The Labute approximate surface area is 117 Å². The van der Waals surface area contributed by atoms with Crippen LogP contribution in [0.3, 0.4) is 0 Å². The third kappa shape index (κ3) is 4.92. The minimum atomic E-state index is 0.683. The van der Waals surface area contributed by atoms with E-state index in [9.17, 15) is 0 Å². The van der Waals surface area contributed by atoms with E-state index in [0.29, 0.717) is 6.04 Å². The van der Waals surface area contributed by atoms with Gasteiger partial charge in [0.1, 0.15) is 0 Å². The lowest BCUT2D eigenvalue weighted by atomic mass is 10.2. The number of pyridine rings is 1. The molecule has 0 spiro atoms. The Bertz CT molecular complexity index is 355. The summed E-state index contributed by atoms with van der Waals surface area (Å²) in [6.45, 7) is 8.87. The number of aromatic nitrogens is 1. The monoisotopic (exact) mass is 261 g/mol. The zero-order valence-electron chi connectivity index (χ0n) is 12.4. The van der Waals surface area contributed by atoms with E-state index < -0.39 is 0 Å². The van der Waals surface area contributed by atoms with E-state index in [1.807, 2.05) is 6.20 Å². The predicted molar refractivity (Wildman–Crippen MR) is 80.2 cm³/mol. The van der Waals surface area contributed by atoms with Gasteiger partial charge in [-0.05, 0) is 50.9 Å². The van der Waals surface area contributed by atoms with Crippen LogP contribution in [-0.4, -0.2) is 35.6 Å². The molecule has 1 aromatic heterocycles. The van der Waals surface area contributed by atoms with Crippen LogP contribution in [-0.2, 0) is 6.54 Å². The maximum atomic E-state index is 4.54. The molecule has 2 rings (SSSR count). The van der Waals surface area contributed by atoms with E-state index in [1.54, 1.807) is 0 Å². The maximum Gasteiger partial charge on any atom is 0.0544 e. The van der Waals surface area contributed by atoms with Crippen LogP contribution in [0.1, 0.15) is 43.9 Å². The Morgan fingerprint density at radius 1 is 1.42 bits per heavy atom. The largest absolute Gasteiger partial charge is 0.313 e. The molecule has 19 heavy (non-hydrogen) atoms. The summed E-state index contributed by atoms with van der Waals surface area (Å²) in [5.74, 6) is 0. The summed E-state index contributed by atoms with van der Waals surface area (Å²) in [6.07, 6.45) is 7.16. The Balaban J connectivity index is 1.89. The number of rotatable bonds is 7. The maximum absolute atomic E-state index is 4.54. The molecule has 0 amide bonds. The summed E-state index contributed by atoms with van der Waals surface area (Å²) in [5, 5.41) is 3.60. The van der Waals surface area contributed by atoms with Gasteiger partial charge in [0.05, 0.1) is 5.69 Å². The molecule has 1 aliphatic heterocycles. The average Bonchev–Trinajstić information content (AvgIpc) is 2.91. The number of hydrogen-bond acceptors (Lipinski definition) is 3. The molecule has 2 heterocycles. The van der Waals surface area contributed by atoms with Crippen molar-refractivity contribution in [1.29, 1.82) is 0 Å². The Morgan fingerprint density at radius 3 is 2.95 bits per heavy atom. The van der Waals surface area contributed by atoms with Gasteiger partial charge in [-0.25, -0.2) is 0 Å². The van der Waals surface area contributed by atoms with Crippen LogP contribution < -0.4 is 5.32 Å². The fourth-order valence-electron chi connectivity index (χ4n) is 2.66. The number of aryl methyl sites for hydroxylation is 1. The van der Waals surface area contributed by atoms with E-state index in [-0.39, 0.29) is 0 Å². The molecule has 0 saturated carbocycles. The molecule has 0 aromatic carbocycles. The molecular weight excluding hydrogens is 234 g/mol. The van der Waals surface area contributed by atoms with E-state index in [0.717, 1.165) is 13.1 Å². The van der Waals surface area contributed by atoms with Crippen LogP contribution >= 0.6 is 0 Å². The molecule has 1 saturated heterocycles. The van der Waals surface area contributed by atoms with Crippen molar-refractivity contribution in [1.82, 2.24) is 15.2 Å². The lowest BCUT2D eigenvalue weighted by molar-refractivity contribution is 0.235. The fraction of sp³-hybridized carbons (Fsp3) is 0.688. The van der Waals surface area contributed by atoms with Gasteiger partial charge >= 0.3 is 0 Å². The van der Waals surface area contributed by atoms with Crippen LogP contribution in [0.4, 0.5) is 0 Å². The number of unbranched alkanes of at least 4 members (excludes halogenated alkanes) is 1. The second-order valence-electron chi connectivity index (χ2n) is 5.71. The molecule has 1 aliphatic rings. The van der Waals surface area contributed by atoms with Gasteiger partial charge in [0.15, 0.2) is 0 Å². The van der Waals surface area contributed by atoms with Crippen LogP contribution in [0.15, 0.2) is 18.3 Å². The lowest BCUT2D eigenvalue weighted by Gasteiger charge is -2.25. The van der Waals surface area contributed by atoms with Crippen molar-refractivity contribution in [3.63, 3.8) is 0 Å². The number of hydrogen-bond donors (Lipinski definition) is 1. The lowest BCUT2D eigenvalue weighted by Crippen LogP contribution is -2.37. The van der Waals surface area contributed by atoms with Crippen molar-refractivity contribution >= 4 is 0 Å². The molecule has 1 N–H and O–H groups in total. The number of nitrogens with zero attached hydrogens (tertiary/aromatic N) is 2. The minimum absolute atomic E-state index is 0.683. The molecule has 1 unspecified atom stereocenters. The van der Waals surface area contributed by atoms with Gasteiger partial charge < -0.3 is 5.32 Å². The molecule has 1 atom stereocenters. The topological polar surface area (TPSA) is 28.2 Å². The van der Waals surface area contributed by atoms with Gasteiger partial charge in [0.2, 0.25) is 0 Å². The first-order chi connectivity index (χ1) is 9.28. The molecule has 0 radical (unpaired) electrons. The van der Waals surface area contributed by atoms with Crippen LogP contribution in [0.25, 0.3) is 0 Å². The average molecular weight is 261 g/mol. The summed E-state index contributed by atoms with van der Waals surface area (Å²) in [5.41, 5.74) is 2.43. The van der Waals surface area contributed by atoms with Gasteiger partial charge in [-0.2, -0.15) is 0 Å². The second kappa shape index (κ2) is 7.61. The van der Waals surface area contributed by atoms with Gasteiger partial charge in [0.25, 0.3) is 0 Å². The highest BCUT2D eigenvalue weighted by Gasteiger charge is 2.17. The van der Waals surface area contributed by atoms with Crippen molar-refractivity contribution in [2.24, 2.45) is 0 Å². The van der Waals surface area contributed by atoms with E-state index in [4.69, 9.17) is 0 Å². The standard InChI is InChI=1S/C16H27N3/c1-3-4-10-19(12-15-6-5-9-17-15)13-16-8-7-14(2)11-18-16/h7-8,11,15,17H,3-6,9-10,12-13H2,1-2H3. The van der Waals surface area contributed by atoms with Crippen LogP contribution in [0, 0.1) is 6.92 Å². The minimum Gasteiger partial charge on any atom is -0.313 e. The molecule has 0 bridgehead atoms. The highest BCUT2D eigenvalue weighted by molar-refractivity contribution is 5.12. The molecule has 0 aliphatic carbocycles. The summed E-state index contributed by atoms with van der Waals surface area (Å²) in [4.78, 5) is 7.10. The van der Waals surface area contributed by atoms with Gasteiger partial charge in [-0.15, -0.1) is 0 Å². The first-order valence-corrected chi connectivity index (χ1v) is 7.65. The summed E-state index contributed by atoms with van der Waals surface area (Å²) in [6, 6.07) is 5.01. The second-order valence-corrected chi connectivity index (χ2v) is 5.71. The summed E-state index contributed by atoms with van der Waals surface area (Å²) < 4.78 is 0. The highest BCUT2D eigenvalue weighted by Crippen LogP contribution is 2.11. The van der Waals surface area contributed by atoms with Crippen molar-refractivity contribution in [3.8, 4) is 0 Å². The third-order valence-electron chi connectivity index (χ3n) is 3.83.